The van der Waals surface area contributed by atoms with Crippen molar-refractivity contribution in [3.63, 3.8) is 0 Å². The number of benzene rings is 1. The first-order valence-corrected chi connectivity index (χ1v) is 9.15. The second-order valence-corrected chi connectivity index (χ2v) is 7.01. The van der Waals surface area contributed by atoms with Gasteiger partial charge in [-0.1, -0.05) is 0 Å². The Labute approximate surface area is 144 Å². The monoisotopic (exact) mass is 342 g/mol. The van der Waals surface area contributed by atoms with Gasteiger partial charge in [-0.05, 0) is 58.8 Å². The molecule has 0 unspecified atom stereocenters. The third kappa shape index (κ3) is 3.42. The van der Waals surface area contributed by atoms with E-state index >= 15 is 0 Å². The van der Waals surface area contributed by atoms with E-state index < -0.39 is 0 Å². The molecule has 124 valence electrons. The van der Waals surface area contributed by atoms with E-state index in [1.165, 1.54) is 11.6 Å². The normalized spacial score (nSPS) is 16.5. The van der Waals surface area contributed by atoms with E-state index in [2.05, 4.69) is 26.7 Å². The third-order valence-corrected chi connectivity index (χ3v) is 5.24. The number of piperidine rings is 1. The second-order valence-electron chi connectivity index (χ2n) is 6.23. The van der Waals surface area contributed by atoms with Crippen LogP contribution in [0.15, 0.2) is 47.4 Å². The molecule has 0 atom stereocenters. The highest BCUT2D eigenvalue weighted by atomic mass is 32.1. The second kappa shape index (κ2) is 6.87. The highest BCUT2D eigenvalue weighted by Crippen LogP contribution is 2.27. The summed E-state index contributed by atoms with van der Waals surface area (Å²) >= 11 is 1.74. The fourth-order valence-corrected chi connectivity index (χ4v) is 3.84. The number of hydrogen-bond acceptors (Lipinski definition) is 4. The van der Waals surface area contributed by atoms with Crippen molar-refractivity contribution >= 4 is 22.1 Å². The Morgan fingerprint density at radius 3 is 2.88 bits per heavy atom. The van der Waals surface area contributed by atoms with Crippen molar-refractivity contribution in [1.29, 1.82) is 0 Å². The number of thiophene rings is 1. The van der Waals surface area contributed by atoms with Gasteiger partial charge in [-0.2, -0.15) is 11.3 Å². The van der Waals surface area contributed by atoms with Crippen LogP contribution in [0.2, 0.25) is 0 Å². The van der Waals surface area contributed by atoms with Crippen molar-refractivity contribution in [2.24, 2.45) is 0 Å². The summed E-state index contributed by atoms with van der Waals surface area (Å²) in [5.74, 6) is 0.0428. The van der Waals surface area contributed by atoms with Crippen molar-refractivity contribution in [1.82, 2.24) is 9.88 Å². The molecule has 1 aromatic carbocycles. The van der Waals surface area contributed by atoms with Crippen LogP contribution in [0, 0.1) is 5.82 Å². The van der Waals surface area contributed by atoms with Gasteiger partial charge in [0.15, 0.2) is 11.6 Å². The summed E-state index contributed by atoms with van der Waals surface area (Å²) in [5, 5.41) is 6.06. The highest BCUT2D eigenvalue weighted by Gasteiger charge is 2.22. The maximum Gasteiger partial charge on any atom is 0.165 e. The van der Waals surface area contributed by atoms with E-state index in [0.717, 1.165) is 43.2 Å². The van der Waals surface area contributed by atoms with Crippen LogP contribution in [-0.2, 0) is 6.54 Å². The lowest BCUT2D eigenvalue weighted by molar-refractivity contribution is 0.0937. The number of likely N-dealkylation sites (tertiary alicyclic amines) is 1. The van der Waals surface area contributed by atoms with Crippen molar-refractivity contribution in [2.45, 2.75) is 25.5 Å². The van der Waals surface area contributed by atoms with Gasteiger partial charge in [0.2, 0.25) is 0 Å². The smallest absolute Gasteiger partial charge is 0.165 e. The topological polar surface area (TPSA) is 25.4 Å². The average molecular weight is 342 g/mol. The molecule has 1 fully saturated rings. The lowest BCUT2D eigenvalue weighted by Crippen LogP contribution is -2.37. The van der Waals surface area contributed by atoms with Crippen LogP contribution in [0.1, 0.15) is 18.4 Å². The largest absolute Gasteiger partial charge is 0.487 e. The van der Waals surface area contributed by atoms with Crippen LogP contribution in [0.3, 0.4) is 0 Å². The molecular formula is C19H19FN2OS. The molecule has 0 saturated carbocycles. The number of fused-ring (bicyclic) bond motifs is 1. The van der Waals surface area contributed by atoms with E-state index in [9.17, 15) is 4.39 Å². The zero-order valence-electron chi connectivity index (χ0n) is 13.3. The number of aromatic nitrogens is 1. The number of rotatable bonds is 4. The van der Waals surface area contributed by atoms with Gasteiger partial charge in [0.25, 0.3) is 0 Å². The maximum atomic E-state index is 14.2. The predicted molar refractivity (Wildman–Crippen MR) is 94.9 cm³/mol. The third-order valence-electron chi connectivity index (χ3n) is 4.51. The van der Waals surface area contributed by atoms with Gasteiger partial charge in [0, 0.05) is 37.4 Å². The average Bonchev–Trinajstić information content (AvgIpc) is 3.10. The van der Waals surface area contributed by atoms with Gasteiger partial charge in [0.1, 0.15) is 6.10 Å². The van der Waals surface area contributed by atoms with Gasteiger partial charge in [-0.15, -0.1) is 0 Å². The maximum absolute atomic E-state index is 14.2. The number of ether oxygens (including phenoxy) is 1. The summed E-state index contributed by atoms with van der Waals surface area (Å²) in [6.07, 6.45) is 5.33. The molecule has 3 heterocycles. The minimum atomic E-state index is -0.309. The molecule has 0 aliphatic carbocycles. The van der Waals surface area contributed by atoms with E-state index in [1.807, 2.05) is 6.07 Å². The first-order valence-electron chi connectivity index (χ1n) is 8.21. The lowest BCUT2D eigenvalue weighted by atomic mass is 10.1. The zero-order valence-corrected chi connectivity index (χ0v) is 14.1. The van der Waals surface area contributed by atoms with Gasteiger partial charge < -0.3 is 4.74 Å². The van der Waals surface area contributed by atoms with E-state index in [1.54, 1.807) is 29.8 Å². The Morgan fingerprint density at radius 1 is 1.21 bits per heavy atom. The number of halogens is 1. The van der Waals surface area contributed by atoms with E-state index in [0.29, 0.717) is 5.75 Å². The van der Waals surface area contributed by atoms with Gasteiger partial charge in [-0.3, -0.25) is 9.88 Å². The summed E-state index contributed by atoms with van der Waals surface area (Å²) < 4.78 is 20.2. The van der Waals surface area contributed by atoms with Crippen LogP contribution >= 0.6 is 11.3 Å². The Hall–Kier alpha value is -1.98. The van der Waals surface area contributed by atoms with Crippen LogP contribution in [0.25, 0.3) is 10.8 Å². The molecule has 1 saturated heterocycles. The Morgan fingerprint density at radius 2 is 2.08 bits per heavy atom. The van der Waals surface area contributed by atoms with E-state index in [-0.39, 0.29) is 11.9 Å². The Bertz CT molecular complexity index is 813. The summed E-state index contributed by atoms with van der Waals surface area (Å²) in [6, 6.07) is 7.34. The first-order chi connectivity index (χ1) is 11.8. The quantitative estimate of drug-likeness (QED) is 0.699. The molecule has 0 radical (unpaired) electrons. The summed E-state index contributed by atoms with van der Waals surface area (Å²) in [4.78, 5) is 6.46. The molecular weight excluding hydrogens is 323 g/mol. The molecule has 1 aliphatic heterocycles. The standard InChI is InChI=1S/C19H19FN2OS/c20-18-9-16-11-21-5-1-15(16)10-19(18)23-17-2-6-22(7-3-17)12-14-4-8-24-13-14/h1,4-5,8-11,13,17H,2-3,6-7,12H2. The predicted octanol–water partition coefficient (Wildman–Crippen LogP) is 4.48. The number of pyridine rings is 1. The minimum Gasteiger partial charge on any atom is -0.487 e. The highest BCUT2D eigenvalue weighted by molar-refractivity contribution is 7.07. The summed E-state index contributed by atoms with van der Waals surface area (Å²) in [5.41, 5.74) is 1.37. The SMILES string of the molecule is Fc1cc2cnccc2cc1OC1CCN(Cc2ccsc2)CC1. The van der Waals surface area contributed by atoms with Gasteiger partial charge in [0.05, 0.1) is 0 Å². The summed E-state index contributed by atoms with van der Waals surface area (Å²) in [6.45, 7) is 2.97. The Balaban J connectivity index is 1.39. The molecule has 1 aliphatic rings. The van der Waals surface area contributed by atoms with Crippen molar-refractivity contribution in [3.8, 4) is 5.75 Å². The van der Waals surface area contributed by atoms with Crippen LogP contribution < -0.4 is 4.74 Å². The molecule has 24 heavy (non-hydrogen) atoms. The molecule has 5 heteroatoms. The van der Waals surface area contributed by atoms with Gasteiger partial charge >= 0.3 is 0 Å². The fraction of sp³-hybridized carbons (Fsp3) is 0.316. The first kappa shape index (κ1) is 15.5. The number of nitrogens with zero attached hydrogens (tertiary/aromatic N) is 2. The summed E-state index contributed by atoms with van der Waals surface area (Å²) in [7, 11) is 0. The molecule has 0 amide bonds. The molecule has 0 N–H and O–H groups in total. The number of hydrogen-bond donors (Lipinski definition) is 0. The molecule has 0 spiro atoms. The fourth-order valence-electron chi connectivity index (χ4n) is 3.18. The van der Waals surface area contributed by atoms with Crippen molar-refractivity contribution in [3.05, 3.63) is 58.8 Å². The molecule has 4 rings (SSSR count). The molecule has 2 aromatic heterocycles. The molecule has 3 nitrogen and oxygen atoms in total. The van der Waals surface area contributed by atoms with Crippen LogP contribution in [0.5, 0.6) is 5.75 Å². The van der Waals surface area contributed by atoms with Crippen molar-refractivity contribution in [2.75, 3.05) is 13.1 Å². The van der Waals surface area contributed by atoms with E-state index in [4.69, 9.17) is 4.74 Å². The van der Waals surface area contributed by atoms with Crippen molar-refractivity contribution < 1.29 is 9.13 Å². The Kier molecular flexibility index (Phi) is 4.45. The minimum absolute atomic E-state index is 0.0810. The lowest BCUT2D eigenvalue weighted by Gasteiger charge is -2.32. The zero-order chi connectivity index (χ0) is 16.4. The van der Waals surface area contributed by atoms with Gasteiger partial charge in [-0.25, -0.2) is 4.39 Å². The molecule has 3 aromatic rings. The van der Waals surface area contributed by atoms with Crippen LogP contribution in [-0.4, -0.2) is 29.1 Å². The molecule has 0 bridgehead atoms. The van der Waals surface area contributed by atoms with Crippen LogP contribution in [0.4, 0.5) is 4.39 Å².